The van der Waals surface area contributed by atoms with Crippen LogP contribution in [0.3, 0.4) is 0 Å². The molecule has 0 radical (unpaired) electrons. The van der Waals surface area contributed by atoms with Crippen LogP contribution in [0.4, 0.5) is 0 Å². The molecular formula is C38H26N6. The third kappa shape index (κ3) is 3.78. The van der Waals surface area contributed by atoms with E-state index in [-0.39, 0.29) is 0 Å². The molecule has 1 aliphatic rings. The Morgan fingerprint density at radius 2 is 1.27 bits per heavy atom. The van der Waals surface area contributed by atoms with Crippen molar-refractivity contribution in [3.63, 3.8) is 0 Å². The average Bonchev–Trinajstić information content (AvgIpc) is 3.62. The molecule has 6 heteroatoms. The first kappa shape index (κ1) is 24.6. The van der Waals surface area contributed by atoms with E-state index in [0.29, 0.717) is 0 Å². The summed E-state index contributed by atoms with van der Waals surface area (Å²) in [6.07, 6.45) is 7.97. The molecule has 208 valence electrons. The van der Waals surface area contributed by atoms with Gasteiger partial charge in [0.1, 0.15) is 5.82 Å². The molecule has 0 bridgehead atoms. The van der Waals surface area contributed by atoms with Gasteiger partial charge in [-0.2, -0.15) is 0 Å². The smallest absolute Gasteiger partial charge is 0.138 e. The fourth-order valence-corrected chi connectivity index (χ4v) is 6.54. The molecule has 0 unspecified atom stereocenters. The highest BCUT2D eigenvalue weighted by Gasteiger charge is 2.19. The lowest BCUT2D eigenvalue weighted by molar-refractivity contribution is 0.795. The van der Waals surface area contributed by atoms with Crippen LogP contribution in [0.5, 0.6) is 0 Å². The van der Waals surface area contributed by atoms with Crippen LogP contribution in [0, 0.1) is 0 Å². The molecule has 0 saturated heterocycles. The molecule has 1 aliphatic heterocycles. The highest BCUT2D eigenvalue weighted by Crippen LogP contribution is 2.34. The quantitative estimate of drug-likeness (QED) is 0.233. The molecule has 8 aromatic rings. The van der Waals surface area contributed by atoms with Crippen molar-refractivity contribution in [2.75, 3.05) is 0 Å². The van der Waals surface area contributed by atoms with E-state index in [1.165, 1.54) is 22.0 Å². The van der Waals surface area contributed by atoms with E-state index in [4.69, 9.17) is 9.97 Å². The number of benzene rings is 3. The minimum absolute atomic E-state index is 0.752. The number of rotatable bonds is 4. The zero-order valence-electron chi connectivity index (χ0n) is 23.7. The number of nitrogens with one attached hydrogen (secondary N) is 1. The van der Waals surface area contributed by atoms with Crippen LogP contribution in [0.15, 0.2) is 134 Å². The predicted molar refractivity (Wildman–Crippen MR) is 178 cm³/mol. The minimum Gasteiger partial charge on any atom is -0.385 e. The van der Waals surface area contributed by atoms with Crippen molar-refractivity contribution in [1.82, 2.24) is 29.4 Å². The number of aromatic nitrogens is 5. The van der Waals surface area contributed by atoms with Crippen LogP contribution < -0.4 is 5.32 Å². The number of fused-ring (bicyclic) bond motifs is 6. The molecule has 0 spiro atoms. The molecule has 6 heterocycles. The Labute approximate surface area is 253 Å². The fraction of sp³-hybridized carbons (Fsp3) is 0.0263. The molecule has 0 saturated carbocycles. The Morgan fingerprint density at radius 1 is 0.568 bits per heavy atom. The molecular weight excluding hydrogens is 540 g/mol. The molecule has 0 fully saturated rings. The number of hydrogen-bond acceptors (Lipinski definition) is 4. The van der Waals surface area contributed by atoms with Crippen LogP contribution in [-0.2, 0) is 6.54 Å². The maximum absolute atomic E-state index is 5.12. The lowest BCUT2D eigenvalue weighted by Crippen LogP contribution is -2.14. The summed E-state index contributed by atoms with van der Waals surface area (Å²) in [6.45, 7) is 0.752. The van der Waals surface area contributed by atoms with Gasteiger partial charge in [-0.25, -0.2) is 9.97 Å². The van der Waals surface area contributed by atoms with E-state index < -0.39 is 0 Å². The molecule has 0 amide bonds. The summed E-state index contributed by atoms with van der Waals surface area (Å²) in [6, 6.07) is 40.0. The van der Waals surface area contributed by atoms with Crippen molar-refractivity contribution in [2.45, 2.75) is 6.54 Å². The van der Waals surface area contributed by atoms with Crippen molar-refractivity contribution in [1.29, 1.82) is 0 Å². The number of pyridine rings is 3. The maximum atomic E-state index is 5.12. The third-order valence-corrected chi connectivity index (χ3v) is 8.52. The van der Waals surface area contributed by atoms with Gasteiger partial charge in [0.05, 0.1) is 45.9 Å². The summed E-state index contributed by atoms with van der Waals surface area (Å²) in [5.74, 6) is 0.884. The van der Waals surface area contributed by atoms with E-state index in [9.17, 15) is 0 Å². The first-order valence-electron chi connectivity index (χ1n) is 14.7. The van der Waals surface area contributed by atoms with Crippen LogP contribution >= 0.6 is 0 Å². The lowest BCUT2D eigenvalue weighted by atomic mass is 10.1. The largest absolute Gasteiger partial charge is 0.385 e. The monoisotopic (exact) mass is 566 g/mol. The Kier molecular flexibility index (Phi) is 5.46. The molecule has 0 atom stereocenters. The topological polar surface area (TPSA) is 60.6 Å². The summed E-state index contributed by atoms with van der Waals surface area (Å²) in [7, 11) is 0. The number of para-hydroxylation sites is 2. The summed E-state index contributed by atoms with van der Waals surface area (Å²) in [5.41, 5.74) is 10.6. The zero-order valence-corrected chi connectivity index (χ0v) is 23.7. The SMILES string of the molecule is C1=Cc2c(n(-c3cccc(-c4cccc(-c5ccc(-n6c7ccccc7c7cnccc76)cc5)n4)n3)c3ccccc23)CN1. The number of hydrogen-bond donors (Lipinski definition) is 1. The van der Waals surface area contributed by atoms with Gasteiger partial charge >= 0.3 is 0 Å². The third-order valence-electron chi connectivity index (χ3n) is 8.52. The highest BCUT2D eigenvalue weighted by atomic mass is 15.1. The van der Waals surface area contributed by atoms with E-state index in [0.717, 1.165) is 62.6 Å². The summed E-state index contributed by atoms with van der Waals surface area (Å²) in [4.78, 5) is 14.6. The first-order valence-corrected chi connectivity index (χ1v) is 14.7. The van der Waals surface area contributed by atoms with Crippen LogP contribution in [-0.4, -0.2) is 24.1 Å². The zero-order chi connectivity index (χ0) is 29.0. The fourth-order valence-electron chi connectivity index (χ4n) is 6.54. The number of nitrogens with zero attached hydrogens (tertiary/aromatic N) is 5. The van der Waals surface area contributed by atoms with Crippen molar-refractivity contribution in [3.05, 3.63) is 145 Å². The molecule has 44 heavy (non-hydrogen) atoms. The van der Waals surface area contributed by atoms with E-state index in [2.05, 4.69) is 129 Å². The maximum Gasteiger partial charge on any atom is 0.138 e. The van der Waals surface area contributed by atoms with Gasteiger partial charge in [0.2, 0.25) is 0 Å². The van der Waals surface area contributed by atoms with E-state index in [1.54, 1.807) is 0 Å². The average molecular weight is 567 g/mol. The summed E-state index contributed by atoms with van der Waals surface area (Å²) in [5, 5.41) is 6.95. The Bertz CT molecular complexity index is 2340. The van der Waals surface area contributed by atoms with Gasteiger partial charge < -0.3 is 9.88 Å². The predicted octanol–water partition coefficient (Wildman–Crippen LogP) is 8.32. The van der Waals surface area contributed by atoms with Gasteiger partial charge in [-0.1, -0.05) is 60.7 Å². The van der Waals surface area contributed by atoms with Crippen LogP contribution in [0.25, 0.3) is 72.9 Å². The second kappa shape index (κ2) is 9.78. The molecule has 1 N–H and O–H groups in total. The lowest BCUT2D eigenvalue weighted by Gasteiger charge is -2.14. The Hall–Kier alpha value is -6.01. The second-order valence-corrected chi connectivity index (χ2v) is 11.0. The van der Waals surface area contributed by atoms with E-state index >= 15 is 0 Å². The van der Waals surface area contributed by atoms with E-state index in [1.807, 2.05) is 30.7 Å². The van der Waals surface area contributed by atoms with Crippen LogP contribution in [0.1, 0.15) is 11.3 Å². The Balaban J connectivity index is 1.10. The van der Waals surface area contributed by atoms with Crippen molar-refractivity contribution in [2.24, 2.45) is 0 Å². The molecule has 9 rings (SSSR count). The van der Waals surface area contributed by atoms with Gasteiger partial charge in [0, 0.05) is 45.4 Å². The van der Waals surface area contributed by atoms with Crippen molar-refractivity contribution in [3.8, 4) is 34.2 Å². The highest BCUT2D eigenvalue weighted by molar-refractivity contribution is 6.08. The molecule has 6 nitrogen and oxygen atoms in total. The molecule has 3 aromatic carbocycles. The molecule has 0 aliphatic carbocycles. The molecule has 5 aromatic heterocycles. The van der Waals surface area contributed by atoms with Crippen molar-refractivity contribution < 1.29 is 0 Å². The second-order valence-electron chi connectivity index (χ2n) is 11.0. The normalized spacial score (nSPS) is 12.5. The van der Waals surface area contributed by atoms with Crippen molar-refractivity contribution >= 4 is 38.8 Å². The standard InChI is InChI=1S/C38H26N6/c1-4-13-35-27(7-1)29-19-21-40-24-37(29)44(35)38-14-6-11-33(42-38)32-10-5-9-31(41-32)25-15-17-26(18-16-25)43-34-12-3-2-8-28(34)30-23-39-22-20-36(30)43/h1-23,40H,24H2. The summed E-state index contributed by atoms with van der Waals surface area (Å²) < 4.78 is 4.56. The first-order chi connectivity index (χ1) is 21.8. The van der Waals surface area contributed by atoms with Crippen LogP contribution in [0.2, 0.25) is 0 Å². The van der Waals surface area contributed by atoms with Gasteiger partial charge in [-0.05, 0) is 66.9 Å². The van der Waals surface area contributed by atoms with Gasteiger partial charge in [0.25, 0.3) is 0 Å². The minimum atomic E-state index is 0.752. The van der Waals surface area contributed by atoms with Gasteiger partial charge in [-0.15, -0.1) is 0 Å². The van der Waals surface area contributed by atoms with Gasteiger partial charge in [0.15, 0.2) is 0 Å². The Morgan fingerprint density at radius 3 is 2.14 bits per heavy atom. The van der Waals surface area contributed by atoms with Gasteiger partial charge in [-0.3, -0.25) is 9.55 Å². The summed E-state index contributed by atoms with van der Waals surface area (Å²) >= 11 is 0.